The summed E-state index contributed by atoms with van der Waals surface area (Å²) in [7, 11) is 0. The minimum absolute atomic E-state index is 0.112. The van der Waals surface area contributed by atoms with Gasteiger partial charge in [-0.05, 0) is 69.4 Å². The number of nitrogens with one attached hydrogen (secondary N) is 2. The van der Waals surface area contributed by atoms with E-state index in [2.05, 4.69) is 10.6 Å². The van der Waals surface area contributed by atoms with Gasteiger partial charge in [0.25, 0.3) is 0 Å². The summed E-state index contributed by atoms with van der Waals surface area (Å²) in [6.07, 6.45) is 4.82. The largest absolute Gasteiger partial charge is 0.316 e. The van der Waals surface area contributed by atoms with E-state index in [4.69, 9.17) is 0 Å². The van der Waals surface area contributed by atoms with E-state index >= 15 is 0 Å². The molecule has 1 aliphatic heterocycles. The van der Waals surface area contributed by atoms with E-state index in [9.17, 15) is 4.39 Å². The van der Waals surface area contributed by atoms with Crippen LogP contribution in [-0.4, -0.2) is 25.7 Å². The van der Waals surface area contributed by atoms with Crippen molar-refractivity contribution in [2.75, 3.05) is 19.6 Å². The first-order valence-corrected chi connectivity index (χ1v) is 6.95. The molecule has 0 amide bonds. The van der Waals surface area contributed by atoms with Gasteiger partial charge >= 0.3 is 0 Å². The molecule has 0 saturated carbocycles. The molecule has 2 nitrogen and oxygen atoms in total. The van der Waals surface area contributed by atoms with Gasteiger partial charge < -0.3 is 10.6 Å². The Bertz CT molecular complexity index is 373. The van der Waals surface area contributed by atoms with Gasteiger partial charge in [-0.3, -0.25) is 0 Å². The van der Waals surface area contributed by atoms with Crippen LogP contribution in [0.1, 0.15) is 30.4 Å². The summed E-state index contributed by atoms with van der Waals surface area (Å²) in [6.45, 7) is 5.03. The third-order valence-electron chi connectivity index (χ3n) is 3.64. The van der Waals surface area contributed by atoms with Crippen LogP contribution >= 0.6 is 0 Å². The molecular formula is C15H23FN2. The van der Waals surface area contributed by atoms with Crippen molar-refractivity contribution in [3.8, 4) is 0 Å². The first-order chi connectivity index (χ1) is 8.75. The van der Waals surface area contributed by atoms with Crippen LogP contribution < -0.4 is 10.6 Å². The summed E-state index contributed by atoms with van der Waals surface area (Å²) in [4.78, 5) is 0. The SMILES string of the molecule is Cc1cc(CCNCCC2CCCN2)ccc1F. The van der Waals surface area contributed by atoms with E-state index in [1.807, 2.05) is 19.1 Å². The van der Waals surface area contributed by atoms with Crippen molar-refractivity contribution in [2.45, 2.75) is 38.6 Å². The number of aryl methyl sites for hydroxylation is 1. The van der Waals surface area contributed by atoms with Gasteiger partial charge in [0.2, 0.25) is 0 Å². The van der Waals surface area contributed by atoms with Gasteiger partial charge in [0, 0.05) is 6.04 Å². The summed E-state index contributed by atoms with van der Waals surface area (Å²) in [6, 6.07) is 6.09. The lowest BCUT2D eigenvalue weighted by atomic mass is 10.1. The topological polar surface area (TPSA) is 24.1 Å². The molecule has 0 aromatic heterocycles. The number of rotatable bonds is 6. The number of hydrogen-bond donors (Lipinski definition) is 2. The highest BCUT2D eigenvalue weighted by Crippen LogP contribution is 2.10. The molecule has 1 fully saturated rings. The van der Waals surface area contributed by atoms with Gasteiger partial charge in [-0.15, -0.1) is 0 Å². The minimum Gasteiger partial charge on any atom is -0.316 e. The average Bonchev–Trinajstić information content (AvgIpc) is 2.86. The quantitative estimate of drug-likeness (QED) is 0.758. The standard InChI is InChI=1S/C15H23FN2/c1-12-11-13(4-5-15(12)16)6-9-17-10-7-14-3-2-8-18-14/h4-5,11,14,17-18H,2-3,6-10H2,1H3. The predicted molar refractivity (Wildman–Crippen MR) is 73.4 cm³/mol. The molecule has 0 aliphatic carbocycles. The Morgan fingerprint density at radius 2 is 2.28 bits per heavy atom. The van der Waals surface area contributed by atoms with Gasteiger partial charge in [0.05, 0.1) is 0 Å². The third-order valence-corrected chi connectivity index (χ3v) is 3.64. The maximum absolute atomic E-state index is 13.1. The molecule has 100 valence electrons. The van der Waals surface area contributed by atoms with E-state index in [0.717, 1.165) is 25.1 Å². The Labute approximate surface area is 109 Å². The van der Waals surface area contributed by atoms with E-state index in [0.29, 0.717) is 6.04 Å². The minimum atomic E-state index is -0.112. The second kappa shape index (κ2) is 6.86. The second-order valence-corrected chi connectivity index (χ2v) is 5.17. The van der Waals surface area contributed by atoms with E-state index in [1.165, 1.54) is 31.4 Å². The van der Waals surface area contributed by atoms with E-state index < -0.39 is 0 Å². The molecule has 1 aliphatic rings. The molecule has 1 unspecified atom stereocenters. The van der Waals surface area contributed by atoms with Gasteiger partial charge in [0.1, 0.15) is 5.82 Å². The Morgan fingerprint density at radius 3 is 3.00 bits per heavy atom. The van der Waals surface area contributed by atoms with Crippen LogP contribution in [0.4, 0.5) is 4.39 Å². The summed E-state index contributed by atoms with van der Waals surface area (Å²) < 4.78 is 13.1. The highest BCUT2D eigenvalue weighted by atomic mass is 19.1. The molecular weight excluding hydrogens is 227 g/mol. The molecule has 1 atom stereocenters. The fourth-order valence-corrected chi connectivity index (χ4v) is 2.50. The Kier molecular flexibility index (Phi) is 5.14. The van der Waals surface area contributed by atoms with Crippen molar-refractivity contribution in [2.24, 2.45) is 0 Å². The van der Waals surface area contributed by atoms with Crippen LogP contribution in [-0.2, 0) is 6.42 Å². The zero-order valence-electron chi connectivity index (χ0n) is 11.1. The molecule has 1 heterocycles. The number of hydrogen-bond acceptors (Lipinski definition) is 2. The molecule has 0 spiro atoms. The van der Waals surface area contributed by atoms with Gasteiger partial charge in [-0.1, -0.05) is 12.1 Å². The van der Waals surface area contributed by atoms with E-state index in [1.54, 1.807) is 6.07 Å². The van der Waals surface area contributed by atoms with Crippen LogP contribution in [0.3, 0.4) is 0 Å². The summed E-state index contributed by atoms with van der Waals surface area (Å²) in [5.74, 6) is -0.112. The lowest BCUT2D eigenvalue weighted by Crippen LogP contribution is -2.28. The Hall–Kier alpha value is -0.930. The molecule has 0 radical (unpaired) electrons. The van der Waals surface area contributed by atoms with Crippen molar-refractivity contribution >= 4 is 0 Å². The van der Waals surface area contributed by atoms with Crippen molar-refractivity contribution in [1.82, 2.24) is 10.6 Å². The molecule has 1 aromatic carbocycles. The second-order valence-electron chi connectivity index (χ2n) is 5.17. The Balaban J connectivity index is 1.61. The maximum Gasteiger partial charge on any atom is 0.126 e. The average molecular weight is 250 g/mol. The molecule has 2 N–H and O–H groups in total. The zero-order valence-corrected chi connectivity index (χ0v) is 11.1. The molecule has 1 saturated heterocycles. The van der Waals surface area contributed by atoms with Crippen molar-refractivity contribution in [1.29, 1.82) is 0 Å². The van der Waals surface area contributed by atoms with Gasteiger partial charge in [-0.25, -0.2) is 4.39 Å². The first kappa shape index (κ1) is 13.5. The molecule has 1 aromatic rings. The number of benzene rings is 1. The third kappa shape index (κ3) is 4.07. The van der Waals surface area contributed by atoms with Gasteiger partial charge in [0.15, 0.2) is 0 Å². The van der Waals surface area contributed by atoms with Crippen molar-refractivity contribution in [3.05, 3.63) is 35.1 Å². The fourth-order valence-electron chi connectivity index (χ4n) is 2.50. The molecule has 3 heteroatoms. The highest BCUT2D eigenvalue weighted by molar-refractivity contribution is 5.24. The summed E-state index contributed by atoms with van der Waals surface area (Å²) in [5.41, 5.74) is 1.95. The molecule has 18 heavy (non-hydrogen) atoms. The van der Waals surface area contributed by atoms with Crippen molar-refractivity contribution < 1.29 is 4.39 Å². The van der Waals surface area contributed by atoms with E-state index in [-0.39, 0.29) is 5.82 Å². The fraction of sp³-hybridized carbons (Fsp3) is 0.600. The van der Waals surface area contributed by atoms with Crippen LogP contribution in [0.15, 0.2) is 18.2 Å². The number of halogens is 1. The highest BCUT2D eigenvalue weighted by Gasteiger charge is 2.12. The lowest BCUT2D eigenvalue weighted by molar-refractivity contribution is 0.525. The summed E-state index contributed by atoms with van der Waals surface area (Å²) in [5, 5.41) is 6.96. The summed E-state index contributed by atoms with van der Waals surface area (Å²) >= 11 is 0. The van der Waals surface area contributed by atoms with Crippen LogP contribution in [0.25, 0.3) is 0 Å². The van der Waals surface area contributed by atoms with Crippen LogP contribution in [0, 0.1) is 12.7 Å². The van der Waals surface area contributed by atoms with Crippen LogP contribution in [0.5, 0.6) is 0 Å². The normalized spacial score (nSPS) is 19.3. The predicted octanol–water partition coefficient (Wildman–Crippen LogP) is 2.41. The zero-order chi connectivity index (χ0) is 12.8. The maximum atomic E-state index is 13.1. The van der Waals surface area contributed by atoms with Crippen LogP contribution in [0.2, 0.25) is 0 Å². The lowest BCUT2D eigenvalue weighted by Gasteiger charge is -2.10. The smallest absolute Gasteiger partial charge is 0.126 e. The first-order valence-electron chi connectivity index (χ1n) is 6.95. The monoisotopic (exact) mass is 250 g/mol. The molecule has 0 bridgehead atoms. The Morgan fingerprint density at radius 1 is 1.39 bits per heavy atom. The van der Waals surface area contributed by atoms with Crippen molar-refractivity contribution in [3.63, 3.8) is 0 Å². The molecule has 2 rings (SSSR count). The van der Waals surface area contributed by atoms with Gasteiger partial charge in [-0.2, -0.15) is 0 Å².